The van der Waals surface area contributed by atoms with E-state index in [0.29, 0.717) is 11.1 Å². The van der Waals surface area contributed by atoms with Crippen LogP contribution in [0, 0.1) is 19.7 Å². The number of hydrogen-bond acceptors (Lipinski definition) is 2. The highest BCUT2D eigenvalue weighted by Gasteiger charge is 2.14. The van der Waals surface area contributed by atoms with Crippen molar-refractivity contribution < 1.29 is 14.2 Å². The number of methoxy groups -OCH3 is 1. The van der Waals surface area contributed by atoms with Crippen molar-refractivity contribution in [1.82, 2.24) is 0 Å². The SMILES string of the molecule is COc1ccc(C(O)c2ccc(F)c(C)c2)c(C)c1. The lowest BCUT2D eigenvalue weighted by Gasteiger charge is -2.15. The Bertz CT molecular complexity index is 593. The van der Waals surface area contributed by atoms with Crippen LogP contribution in [-0.4, -0.2) is 12.2 Å². The highest BCUT2D eigenvalue weighted by atomic mass is 19.1. The first kappa shape index (κ1) is 13.6. The monoisotopic (exact) mass is 260 g/mol. The fourth-order valence-corrected chi connectivity index (χ4v) is 2.10. The van der Waals surface area contributed by atoms with Crippen LogP contribution >= 0.6 is 0 Å². The number of halogens is 1. The van der Waals surface area contributed by atoms with Crippen LogP contribution in [0.3, 0.4) is 0 Å². The van der Waals surface area contributed by atoms with E-state index in [2.05, 4.69) is 0 Å². The van der Waals surface area contributed by atoms with Gasteiger partial charge in [-0.1, -0.05) is 18.2 Å². The minimum Gasteiger partial charge on any atom is -0.497 e. The van der Waals surface area contributed by atoms with Crippen LogP contribution in [0.25, 0.3) is 0 Å². The molecule has 0 radical (unpaired) electrons. The lowest BCUT2D eigenvalue weighted by Crippen LogP contribution is -2.03. The molecule has 100 valence electrons. The van der Waals surface area contributed by atoms with Gasteiger partial charge in [0, 0.05) is 0 Å². The maximum atomic E-state index is 13.2. The van der Waals surface area contributed by atoms with Gasteiger partial charge in [0.1, 0.15) is 17.7 Å². The van der Waals surface area contributed by atoms with E-state index in [4.69, 9.17) is 4.74 Å². The third-order valence-electron chi connectivity index (χ3n) is 3.27. The van der Waals surface area contributed by atoms with E-state index in [0.717, 1.165) is 16.9 Å². The van der Waals surface area contributed by atoms with Gasteiger partial charge in [0.15, 0.2) is 0 Å². The molecule has 1 atom stereocenters. The number of aliphatic hydroxyl groups is 1. The third kappa shape index (κ3) is 2.76. The zero-order chi connectivity index (χ0) is 14.0. The number of rotatable bonds is 3. The normalized spacial score (nSPS) is 12.3. The first-order valence-corrected chi connectivity index (χ1v) is 6.11. The van der Waals surface area contributed by atoms with E-state index >= 15 is 0 Å². The molecule has 0 heterocycles. The van der Waals surface area contributed by atoms with Crippen LogP contribution in [0.15, 0.2) is 36.4 Å². The highest BCUT2D eigenvalue weighted by Crippen LogP contribution is 2.28. The van der Waals surface area contributed by atoms with Gasteiger partial charge in [-0.2, -0.15) is 0 Å². The van der Waals surface area contributed by atoms with E-state index in [-0.39, 0.29) is 5.82 Å². The molecule has 0 amide bonds. The van der Waals surface area contributed by atoms with E-state index in [1.54, 1.807) is 26.2 Å². The number of ether oxygens (including phenoxy) is 1. The molecule has 0 fully saturated rings. The summed E-state index contributed by atoms with van der Waals surface area (Å²) < 4.78 is 18.4. The third-order valence-corrected chi connectivity index (χ3v) is 3.27. The molecule has 0 saturated carbocycles. The van der Waals surface area contributed by atoms with Crippen molar-refractivity contribution in [3.05, 3.63) is 64.5 Å². The van der Waals surface area contributed by atoms with Gasteiger partial charge in [-0.3, -0.25) is 0 Å². The number of hydrogen-bond donors (Lipinski definition) is 1. The fourth-order valence-electron chi connectivity index (χ4n) is 2.10. The molecule has 0 aliphatic heterocycles. The highest BCUT2D eigenvalue weighted by molar-refractivity contribution is 5.40. The van der Waals surface area contributed by atoms with Crippen molar-refractivity contribution in [3.63, 3.8) is 0 Å². The molecule has 2 rings (SSSR count). The van der Waals surface area contributed by atoms with Gasteiger partial charge in [-0.15, -0.1) is 0 Å². The molecule has 2 aromatic carbocycles. The number of aliphatic hydroxyl groups excluding tert-OH is 1. The molecule has 3 heteroatoms. The van der Waals surface area contributed by atoms with Gasteiger partial charge in [0.2, 0.25) is 0 Å². The van der Waals surface area contributed by atoms with Crippen LogP contribution in [0.2, 0.25) is 0 Å². The molecule has 0 aliphatic carbocycles. The summed E-state index contributed by atoms with van der Waals surface area (Å²) >= 11 is 0. The molecule has 0 bridgehead atoms. The summed E-state index contributed by atoms with van der Waals surface area (Å²) in [7, 11) is 1.61. The van der Waals surface area contributed by atoms with Gasteiger partial charge in [0.05, 0.1) is 7.11 Å². The first-order chi connectivity index (χ1) is 9.02. The summed E-state index contributed by atoms with van der Waals surface area (Å²) in [4.78, 5) is 0. The molecule has 19 heavy (non-hydrogen) atoms. The zero-order valence-electron chi connectivity index (χ0n) is 11.3. The van der Waals surface area contributed by atoms with Crippen molar-refractivity contribution in [3.8, 4) is 5.75 Å². The van der Waals surface area contributed by atoms with Gasteiger partial charge in [-0.05, 0) is 54.3 Å². The molecule has 2 nitrogen and oxygen atoms in total. The molecular formula is C16H17FO2. The first-order valence-electron chi connectivity index (χ1n) is 6.11. The summed E-state index contributed by atoms with van der Waals surface area (Å²) in [5.74, 6) is 0.492. The largest absolute Gasteiger partial charge is 0.497 e. The topological polar surface area (TPSA) is 29.5 Å². The Morgan fingerprint density at radius 3 is 2.37 bits per heavy atom. The molecular weight excluding hydrogens is 243 g/mol. The van der Waals surface area contributed by atoms with Crippen molar-refractivity contribution >= 4 is 0 Å². The smallest absolute Gasteiger partial charge is 0.126 e. The van der Waals surface area contributed by atoms with Crippen LogP contribution in [0.5, 0.6) is 5.75 Å². The maximum absolute atomic E-state index is 13.2. The van der Waals surface area contributed by atoms with Crippen molar-refractivity contribution in [2.75, 3.05) is 7.11 Å². The van der Waals surface area contributed by atoms with E-state index < -0.39 is 6.10 Å². The van der Waals surface area contributed by atoms with Gasteiger partial charge >= 0.3 is 0 Å². The lowest BCUT2D eigenvalue weighted by molar-refractivity contribution is 0.219. The second-order valence-electron chi connectivity index (χ2n) is 4.63. The molecule has 0 spiro atoms. The van der Waals surface area contributed by atoms with Crippen LogP contribution in [0.4, 0.5) is 4.39 Å². The van der Waals surface area contributed by atoms with Crippen molar-refractivity contribution in [2.45, 2.75) is 20.0 Å². The Morgan fingerprint density at radius 1 is 1.05 bits per heavy atom. The Morgan fingerprint density at radius 2 is 1.79 bits per heavy atom. The molecule has 2 aromatic rings. The van der Waals surface area contributed by atoms with Crippen LogP contribution < -0.4 is 4.74 Å². The number of benzene rings is 2. The Hall–Kier alpha value is -1.87. The Balaban J connectivity index is 2.38. The molecule has 1 unspecified atom stereocenters. The molecule has 0 saturated heterocycles. The van der Waals surface area contributed by atoms with E-state index in [1.807, 2.05) is 25.1 Å². The van der Waals surface area contributed by atoms with Gasteiger partial charge in [-0.25, -0.2) is 4.39 Å². The van der Waals surface area contributed by atoms with Crippen molar-refractivity contribution in [1.29, 1.82) is 0 Å². The fraction of sp³-hybridized carbons (Fsp3) is 0.250. The average Bonchev–Trinajstić information content (AvgIpc) is 2.41. The zero-order valence-corrected chi connectivity index (χ0v) is 11.3. The number of aryl methyl sites for hydroxylation is 2. The molecule has 0 aliphatic rings. The van der Waals surface area contributed by atoms with E-state index in [1.165, 1.54) is 6.07 Å². The second-order valence-corrected chi connectivity index (χ2v) is 4.63. The Labute approximate surface area is 112 Å². The van der Waals surface area contributed by atoms with Gasteiger partial charge in [0.25, 0.3) is 0 Å². The lowest BCUT2D eigenvalue weighted by atomic mass is 9.96. The van der Waals surface area contributed by atoms with Gasteiger partial charge < -0.3 is 9.84 Å². The maximum Gasteiger partial charge on any atom is 0.126 e. The summed E-state index contributed by atoms with van der Waals surface area (Å²) in [5.41, 5.74) is 2.95. The summed E-state index contributed by atoms with van der Waals surface area (Å²) in [6.45, 7) is 3.60. The van der Waals surface area contributed by atoms with Crippen LogP contribution in [-0.2, 0) is 0 Å². The second kappa shape index (κ2) is 5.41. The predicted octanol–water partition coefficient (Wildman–Crippen LogP) is 3.53. The van der Waals surface area contributed by atoms with Crippen molar-refractivity contribution in [2.24, 2.45) is 0 Å². The summed E-state index contributed by atoms with van der Waals surface area (Å²) in [6, 6.07) is 10.2. The molecule has 0 aromatic heterocycles. The van der Waals surface area contributed by atoms with Crippen LogP contribution in [0.1, 0.15) is 28.4 Å². The Kier molecular flexibility index (Phi) is 3.86. The standard InChI is InChI=1S/C16H17FO2/c1-10-9-13(19-3)5-6-14(10)16(18)12-4-7-15(17)11(2)8-12/h4-9,16,18H,1-3H3. The quantitative estimate of drug-likeness (QED) is 0.914. The summed E-state index contributed by atoms with van der Waals surface area (Å²) in [6.07, 6.45) is -0.759. The van der Waals surface area contributed by atoms with E-state index in [9.17, 15) is 9.50 Å². The minimum absolute atomic E-state index is 0.262. The minimum atomic E-state index is -0.759. The summed E-state index contributed by atoms with van der Waals surface area (Å²) in [5, 5.41) is 10.4. The molecule has 1 N–H and O–H groups in total. The predicted molar refractivity (Wildman–Crippen MR) is 72.9 cm³/mol. The average molecular weight is 260 g/mol.